The van der Waals surface area contributed by atoms with Crippen molar-refractivity contribution in [2.24, 2.45) is 0 Å². The number of rotatable bonds is 3. The second kappa shape index (κ2) is 9.26. The van der Waals surface area contributed by atoms with Gasteiger partial charge >= 0.3 is 0 Å². The quantitative estimate of drug-likeness (QED) is 0.404. The van der Waals surface area contributed by atoms with Gasteiger partial charge in [0.25, 0.3) is 0 Å². The van der Waals surface area contributed by atoms with Crippen molar-refractivity contribution in [2.45, 2.75) is 45.4 Å². The predicted molar refractivity (Wildman–Crippen MR) is 87.8 cm³/mol. The Kier molecular flexibility index (Phi) is 12.4. The molecule has 0 bridgehead atoms. The number of halogens is 1. The summed E-state index contributed by atoms with van der Waals surface area (Å²) in [5.74, 6) is 0. The van der Waals surface area contributed by atoms with Crippen LogP contribution < -0.4 is 0 Å². The van der Waals surface area contributed by atoms with Crippen LogP contribution in [0.5, 0.6) is 0 Å². The molecule has 84 valence electrons. The zero-order valence-corrected chi connectivity index (χ0v) is 13.9. The van der Waals surface area contributed by atoms with Crippen molar-refractivity contribution >= 4 is 50.3 Å². The van der Waals surface area contributed by atoms with E-state index in [4.69, 9.17) is 1.28 Å². The van der Waals surface area contributed by atoms with E-state index in [2.05, 4.69) is 68.8 Å². The minimum atomic E-state index is 0. The molecule has 0 aromatic rings. The lowest BCUT2D eigenvalue weighted by Crippen LogP contribution is -2.09. The molecule has 0 amide bonds. The zero-order valence-electron chi connectivity index (χ0n) is 9.45. The monoisotopic (exact) mass is 355 g/mol. The Hall–Kier alpha value is 2.02. The van der Waals surface area contributed by atoms with Crippen LogP contribution in [0.2, 0.25) is 0 Å². The van der Waals surface area contributed by atoms with Crippen LogP contribution in [0, 0.1) is 0 Å². The van der Waals surface area contributed by atoms with Gasteiger partial charge in [0.1, 0.15) is 0 Å². The summed E-state index contributed by atoms with van der Waals surface area (Å²) in [6, 6.07) is 0. The first-order valence-corrected chi connectivity index (χ1v) is 7.29. The number of hydrogen-bond donors (Lipinski definition) is 0. The molecule has 4 heteroatoms. The predicted octanol–water partition coefficient (Wildman–Crippen LogP) is 4.23. The van der Waals surface area contributed by atoms with E-state index in [-0.39, 0.29) is 7.43 Å². The first kappa shape index (κ1) is 17.4. The summed E-state index contributed by atoms with van der Waals surface area (Å²) >= 11 is 2.37. The molecular weight excluding hydrogens is 328 g/mol. The summed E-state index contributed by atoms with van der Waals surface area (Å²) in [4.78, 5) is 0. The highest BCUT2D eigenvalue weighted by Crippen LogP contribution is 2.18. The van der Waals surface area contributed by atoms with E-state index in [1.807, 2.05) is 0 Å². The van der Waals surface area contributed by atoms with Crippen molar-refractivity contribution in [2.75, 3.05) is 10.6 Å². The molecule has 0 aliphatic rings. The lowest BCUT2D eigenvalue weighted by atomic mass is 10.2. The van der Waals surface area contributed by atoms with Gasteiger partial charge in [0.15, 0.2) is 0 Å². The molecule has 0 heterocycles. The van der Waals surface area contributed by atoms with Gasteiger partial charge in [-0.15, -0.1) is 27.7 Å². The summed E-state index contributed by atoms with van der Waals surface area (Å²) in [5, 5.41) is 0.737. The minimum absolute atomic E-state index is 0. The highest BCUT2D eigenvalue weighted by Gasteiger charge is 2.05. The van der Waals surface area contributed by atoms with E-state index in [1.165, 1.54) is 4.43 Å². The minimum Gasteiger partial charge on any atom is -0.137 e. The summed E-state index contributed by atoms with van der Waals surface area (Å²) in [6.07, 6.45) is 0.998. The molecule has 3 unspecified atom stereocenters. The van der Waals surface area contributed by atoms with E-state index >= 15 is 0 Å². The van der Waals surface area contributed by atoms with Crippen LogP contribution in [0.1, 0.15) is 35.1 Å². The Balaban J connectivity index is -0.000000163. The second-order valence-electron chi connectivity index (χ2n) is 4.29. The summed E-state index contributed by atoms with van der Waals surface area (Å²) in [5.41, 5.74) is 0. The molecule has 3 atom stereocenters. The van der Waals surface area contributed by atoms with Crippen molar-refractivity contribution in [1.82, 2.24) is 0 Å². The fourth-order valence-corrected chi connectivity index (χ4v) is 0. The molecule has 0 nitrogen and oxygen atoms in total. The van der Waals surface area contributed by atoms with E-state index < -0.39 is 0 Å². The SMILES string of the molecule is C.CC(C)(P)CI.[2H]PCC(C)(C)P. The van der Waals surface area contributed by atoms with Gasteiger partial charge in [0, 0.05) is 4.43 Å². The normalized spacial score (nSPS) is 13.0. The molecule has 0 saturated carbocycles. The third kappa shape index (κ3) is 31.5. The Bertz CT molecular complexity index is 118. The molecule has 0 saturated heterocycles. The second-order valence-corrected chi connectivity index (χ2v) is 8.53. The lowest BCUT2D eigenvalue weighted by Gasteiger charge is -2.12. The molecule has 0 aromatic heterocycles. The van der Waals surface area contributed by atoms with Gasteiger partial charge in [-0.05, 0) is 16.5 Å². The molecule has 13 heavy (non-hydrogen) atoms. The molecule has 0 N–H and O–H groups in total. The van der Waals surface area contributed by atoms with Crippen molar-refractivity contribution in [1.29, 1.82) is 1.28 Å². The largest absolute Gasteiger partial charge is 0.137 e. The zero-order chi connectivity index (χ0) is 11.1. The van der Waals surface area contributed by atoms with Crippen LogP contribution in [0.15, 0.2) is 0 Å². The van der Waals surface area contributed by atoms with Crippen molar-refractivity contribution < 1.29 is 0 Å². The van der Waals surface area contributed by atoms with Crippen LogP contribution in [0.25, 0.3) is 0 Å². The lowest BCUT2D eigenvalue weighted by molar-refractivity contribution is 0.818. The Morgan fingerprint density at radius 1 is 1.15 bits per heavy atom. The fourth-order valence-electron chi connectivity index (χ4n) is 0. The van der Waals surface area contributed by atoms with Crippen LogP contribution >= 0.6 is 50.3 Å². The summed E-state index contributed by atoms with van der Waals surface area (Å²) in [6.45, 7) is 8.65. The average molecular weight is 355 g/mol. The maximum absolute atomic E-state index is 6.87. The molecule has 0 fully saturated rings. The highest BCUT2D eigenvalue weighted by atomic mass is 127. The molecule has 0 aromatic carbocycles. The van der Waals surface area contributed by atoms with Gasteiger partial charge in [0.2, 0.25) is 0 Å². The van der Waals surface area contributed by atoms with Gasteiger partial charge in [-0.3, -0.25) is 0 Å². The maximum Gasteiger partial charge on any atom is 0.0546 e. The first-order valence-electron chi connectivity index (χ1n) is 4.41. The molecule has 0 radical (unpaired) electrons. The third-order valence-electron chi connectivity index (χ3n) is 0.800. The van der Waals surface area contributed by atoms with Crippen molar-refractivity contribution in [3.05, 3.63) is 0 Å². The van der Waals surface area contributed by atoms with Crippen molar-refractivity contribution in [3.63, 3.8) is 0 Å². The topological polar surface area (TPSA) is 0 Å². The number of hydrogen-bond acceptors (Lipinski definition) is 0. The first-order chi connectivity index (χ1) is 5.62. The number of alkyl halides is 1. The summed E-state index contributed by atoms with van der Waals surface area (Å²) < 4.78 is 8.08. The average Bonchev–Trinajstić information content (AvgIpc) is 1.84. The maximum atomic E-state index is 6.87. The van der Waals surface area contributed by atoms with Gasteiger partial charge < -0.3 is 0 Å². The Morgan fingerprint density at radius 2 is 1.46 bits per heavy atom. The van der Waals surface area contributed by atoms with Gasteiger partial charge in [-0.2, -0.15) is 0 Å². The van der Waals surface area contributed by atoms with E-state index in [9.17, 15) is 0 Å². The molecule has 0 spiro atoms. The highest BCUT2D eigenvalue weighted by molar-refractivity contribution is 14.1. The Morgan fingerprint density at radius 3 is 1.46 bits per heavy atom. The van der Waals surface area contributed by atoms with Crippen LogP contribution in [0.4, 0.5) is 0 Å². The fraction of sp³-hybridized carbons (Fsp3) is 1.00. The smallest absolute Gasteiger partial charge is 0.0546 e. The standard InChI is InChI=1S/C4H10IP.C4H12P2.CH4/c2*1-4(2,6)3-5;/h3,6H2,1-2H3;3,5-6H2,1-2H3;1H4/i;5D;. The third-order valence-corrected chi connectivity index (χ3v) is 5.32. The van der Waals surface area contributed by atoms with E-state index in [0.29, 0.717) is 19.5 Å². The van der Waals surface area contributed by atoms with E-state index in [1.54, 1.807) is 0 Å². The molecule has 0 aliphatic heterocycles. The summed E-state index contributed by atoms with van der Waals surface area (Å²) in [7, 11) is 5.85. The molecule has 0 aliphatic carbocycles. The van der Waals surface area contributed by atoms with Gasteiger partial charge in [-0.25, -0.2) is 0 Å². The van der Waals surface area contributed by atoms with Crippen LogP contribution in [-0.2, 0) is 0 Å². The molecule has 0 rings (SSSR count). The van der Waals surface area contributed by atoms with Crippen molar-refractivity contribution in [3.8, 4) is 0 Å². The van der Waals surface area contributed by atoms with E-state index in [0.717, 1.165) is 6.16 Å². The van der Waals surface area contributed by atoms with Gasteiger partial charge in [0.05, 0.1) is 1.28 Å². The van der Waals surface area contributed by atoms with Gasteiger partial charge in [-0.1, -0.05) is 57.7 Å². The van der Waals surface area contributed by atoms with Crippen LogP contribution in [0.3, 0.4) is 0 Å². The molecular formula is C9H26IP3. The Labute approximate surface area is 107 Å². The van der Waals surface area contributed by atoms with Crippen LogP contribution in [-0.4, -0.2) is 22.2 Å².